The summed E-state index contributed by atoms with van der Waals surface area (Å²) >= 11 is 3.44. The van der Waals surface area contributed by atoms with Crippen molar-refractivity contribution in [2.24, 2.45) is 5.92 Å². The van der Waals surface area contributed by atoms with Crippen molar-refractivity contribution in [1.82, 2.24) is 0 Å². The molecule has 0 rings (SSSR count). The molecule has 0 bridgehead atoms. The van der Waals surface area contributed by atoms with Gasteiger partial charge in [0.2, 0.25) is 0 Å². The van der Waals surface area contributed by atoms with Gasteiger partial charge in [0.1, 0.15) is 0 Å². The summed E-state index contributed by atoms with van der Waals surface area (Å²) in [7, 11) is 0. The minimum Gasteiger partial charge on any atom is -0.481 e. The fraction of sp³-hybridized carbons (Fsp3) is 0.808. The van der Waals surface area contributed by atoms with E-state index in [1.165, 1.54) is 83.5 Å². The molecule has 0 aromatic rings. The summed E-state index contributed by atoms with van der Waals surface area (Å²) in [5.41, 5.74) is 0. The fourth-order valence-corrected chi connectivity index (χ4v) is 4.01. The van der Waals surface area contributed by atoms with Crippen LogP contribution in [0.15, 0.2) is 24.3 Å². The second kappa shape index (κ2) is 23.7. The SMILES string of the molecule is CCCCCC=CCC=CCCCCCCCCC(CCCCCCBr)C(=O)O. The third-order valence-corrected chi connectivity index (χ3v) is 6.10. The fourth-order valence-electron chi connectivity index (χ4n) is 3.61. The van der Waals surface area contributed by atoms with Gasteiger partial charge in [-0.15, -0.1) is 0 Å². The second-order valence-corrected chi connectivity index (χ2v) is 9.09. The van der Waals surface area contributed by atoms with E-state index < -0.39 is 5.97 Å². The lowest BCUT2D eigenvalue weighted by atomic mass is 9.94. The summed E-state index contributed by atoms with van der Waals surface area (Å²) in [5, 5.41) is 10.4. The van der Waals surface area contributed by atoms with Crippen molar-refractivity contribution in [3.05, 3.63) is 24.3 Å². The first-order valence-corrected chi connectivity index (χ1v) is 13.4. The van der Waals surface area contributed by atoms with Crippen LogP contribution in [0.2, 0.25) is 0 Å². The van der Waals surface area contributed by atoms with E-state index >= 15 is 0 Å². The monoisotopic (exact) mass is 470 g/mol. The average Bonchev–Trinajstić information content (AvgIpc) is 2.71. The van der Waals surface area contributed by atoms with Crippen molar-refractivity contribution in [2.45, 2.75) is 122 Å². The lowest BCUT2D eigenvalue weighted by Crippen LogP contribution is -2.13. The van der Waals surface area contributed by atoms with E-state index in [0.29, 0.717) is 0 Å². The molecular weight excluding hydrogens is 424 g/mol. The molecule has 1 unspecified atom stereocenters. The van der Waals surface area contributed by atoms with E-state index in [0.717, 1.165) is 37.4 Å². The average molecular weight is 472 g/mol. The molecule has 0 aliphatic carbocycles. The lowest BCUT2D eigenvalue weighted by Gasteiger charge is -2.12. The smallest absolute Gasteiger partial charge is 0.306 e. The van der Waals surface area contributed by atoms with E-state index in [1.807, 2.05) is 0 Å². The van der Waals surface area contributed by atoms with Gasteiger partial charge in [-0.05, 0) is 51.4 Å². The Bertz CT molecular complexity index is 404. The molecule has 0 aromatic heterocycles. The number of hydrogen-bond acceptors (Lipinski definition) is 1. The highest BCUT2D eigenvalue weighted by Gasteiger charge is 2.16. The molecule has 0 fully saturated rings. The van der Waals surface area contributed by atoms with Gasteiger partial charge in [-0.3, -0.25) is 4.79 Å². The predicted octanol–water partition coefficient (Wildman–Crippen LogP) is 9.24. The van der Waals surface area contributed by atoms with Crippen molar-refractivity contribution in [2.75, 3.05) is 5.33 Å². The first-order valence-electron chi connectivity index (χ1n) is 12.3. The molecule has 0 saturated heterocycles. The van der Waals surface area contributed by atoms with Crippen LogP contribution in [0.1, 0.15) is 122 Å². The number of hydrogen-bond donors (Lipinski definition) is 1. The topological polar surface area (TPSA) is 37.3 Å². The molecular formula is C26H47BrO2. The maximum Gasteiger partial charge on any atom is 0.306 e. The molecule has 1 atom stereocenters. The summed E-state index contributed by atoms with van der Waals surface area (Å²) in [6.45, 7) is 2.25. The lowest BCUT2D eigenvalue weighted by molar-refractivity contribution is -0.142. The molecule has 0 radical (unpaired) electrons. The number of allylic oxidation sites excluding steroid dienone is 4. The van der Waals surface area contributed by atoms with Crippen LogP contribution in [0.5, 0.6) is 0 Å². The first-order chi connectivity index (χ1) is 14.2. The summed E-state index contributed by atoms with van der Waals surface area (Å²) in [6, 6.07) is 0. The minimum atomic E-state index is -0.590. The number of alkyl halides is 1. The van der Waals surface area contributed by atoms with E-state index in [-0.39, 0.29) is 5.92 Å². The van der Waals surface area contributed by atoms with Crippen LogP contribution in [0.3, 0.4) is 0 Å². The Kier molecular flexibility index (Phi) is 23.2. The molecule has 0 heterocycles. The van der Waals surface area contributed by atoms with Crippen LogP contribution in [-0.2, 0) is 4.79 Å². The zero-order valence-electron chi connectivity index (χ0n) is 19.1. The third-order valence-electron chi connectivity index (χ3n) is 5.54. The van der Waals surface area contributed by atoms with Crippen LogP contribution in [0.4, 0.5) is 0 Å². The number of carbonyl (C=O) groups is 1. The van der Waals surface area contributed by atoms with E-state index in [1.54, 1.807) is 0 Å². The van der Waals surface area contributed by atoms with Gasteiger partial charge in [0.15, 0.2) is 0 Å². The highest BCUT2D eigenvalue weighted by Crippen LogP contribution is 2.19. The van der Waals surface area contributed by atoms with Crippen LogP contribution in [-0.4, -0.2) is 16.4 Å². The molecule has 0 aliphatic heterocycles. The molecule has 3 heteroatoms. The van der Waals surface area contributed by atoms with Crippen LogP contribution < -0.4 is 0 Å². The van der Waals surface area contributed by atoms with Crippen molar-refractivity contribution in [1.29, 1.82) is 0 Å². The Labute approximate surface area is 189 Å². The summed E-state index contributed by atoms with van der Waals surface area (Å²) in [6.07, 6.45) is 30.4. The van der Waals surface area contributed by atoms with Crippen molar-refractivity contribution in [3.8, 4) is 0 Å². The van der Waals surface area contributed by atoms with Gasteiger partial charge in [0.25, 0.3) is 0 Å². The number of halogens is 1. The van der Waals surface area contributed by atoms with Crippen molar-refractivity contribution in [3.63, 3.8) is 0 Å². The molecule has 170 valence electrons. The second-order valence-electron chi connectivity index (χ2n) is 8.30. The molecule has 0 aliphatic rings. The maximum absolute atomic E-state index is 11.4. The van der Waals surface area contributed by atoms with Gasteiger partial charge in [0, 0.05) is 5.33 Å². The molecule has 0 spiro atoms. The van der Waals surface area contributed by atoms with Gasteiger partial charge < -0.3 is 5.11 Å². The van der Waals surface area contributed by atoms with Gasteiger partial charge in [-0.25, -0.2) is 0 Å². The van der Waals surface area contributed by atoms with Crippen LogP contribution in [0, 0.1) is 5.92 Å². The first kappa shape index (κ1) is 28.4. The highest BCUT2D eigenvalue weighted by atomic mass is 79.9. The number of rotatable bonds is 22. The van der Waals surface area contributed by atoms with E-state index in [2.05, 4.69) is 47.2 Å². The zero-order valence-corrected chi connectivity index (χ0v) is 20.6. The molecule has 29 heavy (non-hydrogen) atoms. The summed E-state index contributed by atoms with van der Waals surface area (Å²) in [5.74, 6) is -0.710. The molecule has 1 N–H and O–H groups in total. The summed E-state index contributed by atoms with van der Waals surface area (Å²) in [4.78, 5) is 11.4. The maximum atomic E-state index is 11.4. The largest absolute Gasteiger partial charge is 0.481 e. The minimum absolute atomic E-state index is 0.121. The Morgan fingerprint density at radius 3 is 1.72 bits per heavy atom. The third kappa shape index (κ3) is 21.9. The Balaban J connectivity index is 3.47. The molecule has 0 amide bonds. The normalized spacial score (nSPS) is 12.9. The quantitative estimate of drug-likeness (QED) is 0.0970. The predicted molar refractivity (Wildman–Crippen MR) is 132 cm³/mol. The van der Waals surface area contributed by atoms with Gasteiger partial charge >= 0.3 is 5.97 Å². The molecule has 0 aromatic carbocycles. The van der Waals surface area contributed by atoms with Crippen LogP contribution >= 0.6 is 15.9 Å². The van der Waals surface area contributed by atoms with E-state index in [4.69, 9.17) is 0 Å². The molecule has 0 saturated carbocycles. The Hall–Kier alpha value is -0.570. The Morgan fingerprint density at radius 2 is 1.21 bits per heavy atom. The van der Waals surface area contributed by atoms with Crippen molar-refractivity contribution >= 4 is 21.9 Å². The van der Waals surface area contributed by atoms with E-state index in [9.17, 15) is 9.90 Å². The van der Waals surface area contributed by atoms with Crippen molar-refractivity contribution < 1.29 is 9.90 Å². The highest BCUT2D eigenvalue weighted by molar-refractivity contribution is 9.09. The molecule has 2 nitrogen and oxygen atoms in total. The Morgan fingerprint density at radius 1 is 0.724 bits per heavy atom. The number of unbranched alkanes of at least 4 members (excludes halogenated alkanes) is 12. The standard InChI is InChI=1S/C26H47BrO2/c1-2-3-4-5-6-7-8-9-10-11-12-13-14-15-16-19-22-25(26(28)29)23-20-17-18-21-24-27/h6-7,9-10,25H,2-5,8,11-24H2,1H3,(H,28,29). The van der Waals surface area contributed by atoms with Gasteiger partial charge in [-0.2, -0.15) is 0 Å². The van der Waals surface area contributed by atoms with Gasteiger partial charge in [-0.1, -0.05) is 111 Å². The number of carboxylic acids is 1. The van der Waals surface area contributed by atoms with Crippen LogP contribution in [0.25, 0.3) is 0 Å². The zero-order chi connectivity index (χ0) is 21.4. The summed E-state index contributed by atoms with van der Waals surface area (Å²) < 4.78 is 0. The van der Waals surface area contributed by atoms with Gasteiger partial charge in [0.05, 0.1) is 5.92 Å². The number of aliphatic carboxylic acids is 1. The number of carboxylic acid groups (broad SMARTS) is 1.